The number of hydrogen-bond donors (Lipinski definition) is 0. The Morgan fingerprint density at radius 2 is 1.94 bits per heavy atom. The molecule has 2 aromatic rings. The van der Waals surface area contributed by atoms with E-state index in [-0.39, 0.29) is 0 Å². The monoisotopic (exact) mass is 242 g/mol. The van der Waals surface area contributed by atoms with Crippen LogP contribution in [-0.4, -0.2) is 11.7 Å². The van der Waals surface area contributed by atoms with E-state index in [9.17, 15) is 0 Å². The van der Waals surface area contributed by atoms with E-state index >= 15 is 0 Å². The molecule has 2 aromatic carbocycles. The van der Waals surface area contributed by atoms with E-state index in [4.69, 9.17) is 17.0 Å². The molecule has 0 aliphatic heterocycles. The summed E-state index contributed by atoms with van der Waals surface area (Å²) in [4.78, 5) is 0. The van der Waals surface area contributed by atoms with Crippen LogP contribution in [0.4, 0.5) is 0 Å². The maximum Gasteiger partial charge on any atom is 0.183 e. The van der Waals surface area contributed by atoms with Gasteiger partial charge in [-0.1, -0.05) is 42.5 Å². The normalized spacial score (nSPS) is 10.9. The van der Waals surface area contributed by atoms with Gasteiger partial charge < -0.3 is 4.74 Å². The lowest BCUT2D eigenvalue weighted by atomic mass is 10.0. The third-order valence-electron chi connectivity index (χ3n) is 2.51. The van der Waals surface area contributed by atoms with Gasteiger partial charge in [0, 0.05) is 0 Å². The van der Waals surface area contributed by atoms with Gasteiger partial charge in [0.1, 0.15) is 0 Å². The number of rotatable bonds is 3. The minimum atomic E-state index is 0.528. The molecule has 0 saturated carbocycles. The molecule has 0 N–H and O–H groups in total. The molecule has 17 heavy (non-hydrogen) atoms. The average molecular weight is 242 g/mol. The first-order valence-corrected chi connectivity index (χ1v) is 6.04. The van der Waals surface area contributed by atoms with Crippen LogP contribution in [0.1, 0.15) is 12.5 Å². The highest BCUT2D eigenvalue weighted by molar-refractivity contribution is 7.80. The fraction of sp³-hybridized carbons (Fsp3) is 0.133. The van der Waals surface area contributed by atoms with E-state index in [2.05, 4.69) is 24.3 Å². The summed E-state index contributed by atoms with van der Waals surface area (Å²) in [5.74, 6) is 0. The zero-order valence-electron chi connectivity index (χ0n) is 9.72. The molecule has 0 amide bonds. The zero-order valence-corrected chi connectivity index (χ0v) is 10.5. The Hall–Kier alpha value is -1.67. The van der Waals surface area contributed by atoms with Crippen molar-refractivity contribution < 1.29 is 4.74 Å². The van der Waals surface area contributed by atoms with Gasteiger partial charge in [0.15, 0.2) is 5.05 Å². The molecule has 0 aromatic heterocycles. The van der Waals surface area contributed by atoms with Crippen LogP contribution in [0.15, 0.2) is 48.5 Å². The van der Waals surface area contributed by atoms with Crippen LogP contribution in [0.2, 0.25) is 0 Å². The molecule has 0 radical (unpaired) electrons. The second-order valence-electron chi connectivity index (χ2n) is 3.65. The van der Waals surface area contributed by atoms with Crippen molar-refractivity contribution in [2.24, 2.45) is 0 Å². The van der Waals surface area contributed by atoms with E-state index in [0.29, 0.717) is 11.7 Å². The Morgan fingerprint density at radius 3 is 2.76 bits per heavy atom. The van der Waals surface area contributed by atoms with Crippen molar-refractivity contribution >= 4 is 34.1 Å². The molecule has 1 nitrogen and oxygen atoms in total. The number of hydrogen-bond acceptors (Lipinski definition) is 2. The number of thiocarbonyl (C=S) groups is 1. The summed E-state index contributed by atoms with van der Waals surface area (Å²) < 4.78 is 5.22. The highest BCUT2D eigenvalue weighted by atomic mass is 32.1. The first-order chi connectivity index (χ1) is 8.31. The second kappa shape index (κ2) is 5.60. The van der Waals surface area contributed by atoms with Crippen LogP contribution < -0.4 is 0 Å². The van der Waals surface area contributed by atoms with Crippen LogP contribution in [0, 0.1) is 0 Å². The maximum absolute atomic E-state index is 5.22. The summed E-state index contributed by atoms with van der Waals surface area (Å²) >= 11 is 5.07. The molecule has 0 heterocycles. The van der Waals surface area contributed by atoms with Gasteiger partial charge >= 0.3 is 0 Å². The summed E-state index contributed by atoms with van der Waals surface area (Å²) in [6.45, 7) is 2.54. The van der Waals surface area contributed by atoms with Crippen molar-refractivity contribution in [3.63, 3.8) is 0 Å². The summed E-state index contributed by atoms with van der Waals surface area (Å²) in [5.41, 5.74) is 1.16. The Morgan fingerprint density at radius 1 is 1.18 bits per heavy atom. The number of ether oxygens (including phenoxy) is 1. The van der Waals surface area contributed by atoms with Gasteiger partial charge in [-0.2, -0.15) is 0 Å². The molecule has 0 fully saturated rings. The summed E-state index contributed by atoms with van der Waals surface area (Å²) in [5, 5.41) is 2.99. The topological polar surface area (TPSA) is 9.23 Å². The Balaban J connectivity index is 2.33. The molecule has 0 bridgehead atoms. The van der Waals surface area contributed by atoms with Gasteiger partial charge in [-0.25, -0.2) is 0 Å². The van der Waals surface area contributed by atoms with E-state index in [1.807, 2.05) is 37.3 Å². The van der Waals surface area contributed by atoms with Crippen LogP contribution >= 0.6 is 12.2 Å². The molecule has 0 unspecified atom stereocenters. The average Bonchev–Trinajstić information content (AvgIpc) is 2.36. The number of benzene rings is 2. The summed E-state index contributed by atoms with van der Waals surface area (Å²) in [7, 11) is 0. The largest absolute Gasteiger partial charge is 0.484 e. The molecule has 86 valence electrons. The van der Waals surface area contributed by atoms with Gasteiger partial charge in [0.05, 0.1) is 6.61 Å². The Kier molecular flexibility index (Phi) is 3.89. The van der Waals surface area contributed by atoms with Crippen LogP contribution in [0.25, 0.3) is 16.8 Å². The molecule has 2 rings (SSSR count). The van der Waals surface area contributed by atoms with Gasteiger partial charge in [-0.05, 0) is 47.6 Å². The first-order valence-electron chi connectivity index (χ1n) is 5.64. The molecular formula is C15H14OS. The lowest BCUT2D eigenvalue weighted by Gasteiger charge is -2.02. The van der Waals surface area contributed by atoms with Crippen molar-refractivity contribution in [2.75, 3.05) is 6.61 Å². The van der Waals surface area contributed by atoms with Crippen molar-refractivity contribution in [1.82, 2.24) is 0 Å². The fourth-order valence-corrected chi connectivity index (χ4v) is 1.93. The second-order valence-corrected chi connectivity index (χ2v) is 4.06. The van der Waals surface area contributed by atoms with Gasteiger partial charge in [0.2, 0.25) is 0 Å². The minimum absolute atomic E-state index is 0.528. The summed E-state index contributed by atoms with van der Waals surface area (Å²) in [6, 6.07) is 14.5. The van der Waals surface area contributed by atoms with Crippen molar-refractivity contribution in [3.05, 3.63) is 54.1 Å². The predicted molar refractivity (Wildman–Crippen MR) is 77.2 cm³/mol. The zero-order chi connectivity index (χ0) is 12.1. The van der Waals surface area contributed by atoms with E-state index in [1.54, 1.807) is 0 Å². The minimum Gasteiger partial charge on any atom is -0.484 e. The molecule has 0 atom stereocenters. The summed E-state index contributed by atoms with van der Waals surface area (Å²) in [6.07, 6.45) is 3.83. The maximum atomic E-state index is 5.22. The highest BCUT2D eigenvalue weighted by Gasteiger charge is 1.96. The number of fused-ring (bicyclic) bond motifs is 1. The Bertz CT molecular complexity index is 552. The molecule has 0 aliphatic rings. The smallest absolute Gasteiger partial charge is 0.183 e. The molecule has 0 saturated heterocycles. The third-order valence-corrected chi connectivity index (χ3v) is 2.76. The van der Waals surface area contributed by atoms with Gasteiger partial charge in [0.25, 0.3) is 0 Å². The van der Waals surface area contributed by atoms with Crippen LogP contribution in [0.3, 0.4) is 0 Å². The SMILES string of the molecule is CCOC(=S)C=Cc1cccc2ccccc12. The van der Waals surface area contributed by atoms with Crippen molar-refractivity contribution in [3.8, 4) is 0 Å². The van der Waals surface area contributed by atoms with Crippen molar-refractivity contribution in [2.45, 2.75) is 6.92 Å². The first kappa shape index (κ1) is 11.8. The third kappa shape index (κ3) is 2.92. The van der Waals surface area contributed by atoms with Gasteiger partial charge in [-0.15, -0.1) is 0 Å². The van der Waals surface area contributed by atoms with Gasteiger partial charge in [-0.3, -0.25) is 0 Å². The molecule has 0 aliphatic carbocycles. The van der Waals surface area contributed by atoms with Crippen LogP contribution in [-0.2, 0) is 4.74 Å². The van der Waals surface area contributed by atoms with E-state index < -0.39 is 0 Å². The van der Waals surface area contributed by atoms with E-state index in [0.717, 1.165) is 5.56 Å². The highest BCUT2D eigenvalue weighted by Crippen LogP contribution is 2.19. The van der Waals surface area contributed by atoms with Crippen LogP contribution in [0.5, 0.6) is 0 Å². The van der Waals surface area contributed by atoms with Crippen molar-refractivity contribution in [1.29, 1.82) is 0 Å². The lowest BCUT2D eigenvalue weighted by Crippen LogP contribution is -1.95. The lowest BCUT2D eigenvalue weighted by molar-refractivity contribution is 0.339. The Labute approximate surface area is 107 Å². The molecular weight excluding hydrogens is 228 g/mol. The molecule has 2 heteroatoms. The standard InChI is InChI=1S/C15H14OS/c1-2-16-15(17)11-10-13-8-5-7-12-6-3-4-9-14(12)13/h3-11H,2H2,1H3. The predicted octanol–water partition coefficient (Wildman–Crippen LogP) is 4.22. The van der Waals surface area contributed by atoms with E-state index in [1.165, 1.54) is 10.8 Å². The fourth-order valence-electron chi connectivity index (χ4n) is 1.74. The molecule has 0 spiro atoms. The quantitative estimate of drug-likeness (QED) is 0.589.